The van der Waals surface area contributed by atoms with Gasteiger partial charge in [0.05, 0.1) is 11.1 Å². The van der Waals surface area contributed by atoms with Gasteiger partial charge in [0.25, 0.3) is 5.91 Å². The van der Waals surface area contributed by atoms with Gasteiger partial charge in [0.15, 0.2) is 0 Å². The summed E-state index contributed by atoms with van der Waals surface area (Å²) in [6, 6.07) is 16.8. The molecule has 0 spiro atoms. The first-order valence-corrected chi connectivity index (χ1v) is 8.98. The van der Waals surface area contributed by atoms with Crippen molar-refractivity contribution in [3.63, 3.8) is 0 Å². The zero-order valence-electron chi connectivity index (χ0n) is 13.1. The Morgan fingerprint density at radius 1 is 1.00 bits per heavy atom. The minimum Gasteiger partial charge on any atom is -0.307 e. The Kier molecular flexibility index (Phi) is 4.92. The number of aromatic nitrogens is 2. The summed E-state index contributed by atoms with van der Waals surface area (Å²) < 4.78 is 27.0. The summed E-state index contributed by atoms with van der Waals surface area (Å²) in [7, 11) is -3.64. The Labute approximate surface area is 145 Å². The molecule has 128 valence electrons. The molecule has 3 N–H and O–H groups in total. The van der Waals surface area contributed by atoms with E-state index in [1.165, 1.54) is 18.3 Å². The number of carbonyl (C=O) groups excluding carboxylic acids is 1. The molecular weight excluding hydrogens is 340 g/mol. The van der Waals surface area contributed by atoms with Crippen molar-refractivity contribution in [2.75, 3.05) is 5.32 Å². The smallest absolute Gasteiger partial charge is 0.256 e. The second-order valence-electron chi connectivity index (χ2n) is 5.23. The van der Waals surface area contributed by atoms with Gasteiger partial charge in [-0.1, -0.05) is 36.4 Å². The molecule has 0 saturated heterocycles. The van der Waals surface area contributed by atoms with Crippen molar-refractivity contribution in [2.24, 2.45) is 0 Å². The van der Waals surface area contributed by atoms with Crippen molar-refractivity contribution >= 4 is 21.7 Å². The number of nitrogens with one attached hydrogen (secondary N) is 3. The van der Waals surface area contributed by atoms with Crippen molar-refractivity contribution in [3.8, 4) is 0 Å². The third kappa shape index (κ3) is 4.11. The summed E-state index contributed by atoms with van der Waals surface area (Å²) in [6.45, 7) is -0.00185. The summed E-state index contributed by atoms with van der Waals surface area (Å²) >= 11 is 0. The monoisotopic (exact) mass is 356 g/mol. The number of aromatic amines is 1. The number of anilines is 1. The lowest BCUT2D eigenvalue weighted by molar-refractivity contribution is 0.102. The molecular formula is C17H16N4O3S. The van der Waals surface area contributed by atoms with E-state index >= 15 is 0 Å². The number of benzene rings is 2. The fourth-order valence-corrected chi connectivity index (χ4v) is 3.21. The van der Waals surface area contributed by atoms with Crippen molar-refractivity contribution in [1.29, 1.82) is 0 Å². The molecule has 0 saturated carbocycles. The average Bonchev–Trinajstić information content (AvgIpc) is 3.08. The maximum atomic E-state index is 12.3. The molecule has 1 aromatic heterocycles. The number of H-pyrrole nitrogens is 1. The van der Waals surface area contributed by atoms with E-state index in [4.69, 9.17) is 0 Å². The molecule has 0 aliphatic rings. The van der Waals surface area contributed by atoms with Gasteiger partial charge in [-0.25, -0.2) is 13.1 Å². The Bertz CT molecular complexity index is 954. The average molecular weight is 356 g/mol. The van der Waals surface area contributed by atoms with Crippen LogP contribution in [0.5, 0.6) is 0 Å². The molecule has 0 radical (unpaired) electrons. The number of nitrogens with zero attached hydrogens (tertiary/aromatic N) is 1. The lowest BCUT2D eigenvalue weighted by Crippen LogP contribution is -2.24. The van der Waals surface area contributed by atoms with E-state index in [1.807, 2.05) is 6.07 Å². The molecule has 3 aromatic rings. The molecule has 2 aromatic carbocycles. The van der Waals surface area contributed by atoms with E-state index in [1.54, 1.807) is 42.5 Å². The summed E-state index contributed by atoms with van der Waals surface area (Å²) in [6.07, 6.45) is 1.47. The molecule has 0 bridgehead atoms. The van der Waals surface area contributed by atoms with Crippen LogP contribution in [0, 0.1) is 0 Å². The minimum absolute atomic E-state index is 0.00185. The SMILES string of the molecule is O=C(Nc1[nH]ncc1CNS(=O)(=O)c1ccccc1)c1ccccc1. The predicted octanol–water partition coefficient (Wildman–Crippen LogP) is 2.14. The molecule has 0 aliphatic carbocycles. The molecule has 3 rings (SSSR count). The standard InChI is InChI=1S/C17H16N4O3S/c22-17(13-7-3-1-4-8-13)20-16-14(11-18-21-16)12-19-25(23,24)15-9-5-2-6-10-15/h1-11,19H,12H2,(H2,18,20,21,22). The summed E-state index contributed by atoms with van der Waals surface area (Å²) in [5.74, 6) is 0.0432. The predicted molar refractivity (Wildman–Crippen MR) is 93.5 cm³/mol. The van der Waals surface area contributed by atoms with Crippen LogP contribution in [0.15, 0.2) is 71.8 Å². The first-order chi connectivity index (χ1) is 12.1. The van der Waals surface area contributed by atoms with Gasteiger partial charge < -0.3 is 5.32 Å². The lowest BCUT2D eigenvalue weighted by Gasteiger charge is -2.08. The number of amides is 1. The van der Waals surface area contributed by atoms with E-state index in [0.29, 0.717) is 16.9 Å². The molecule has 7 nitrogen and oxygen atoms in total. The van der Waals surface area contributed by atoms with Gasteiger partial charge in [-0.15, -0.1) is 0 Å². The first kappa shape index (κ1) is 16.9. The maximum Gasteiger partial charge on any atom is 0.256 e. The minimum atomic E-state index is -3.64. The number of sulfonamides is 1. The van der Waals surface area contributed by atoms with Crippen molar-refractivity contribution in [3.05, 3.63) is 78.0 Å². The third-order valence-corrected chi connectivity index (χ3v) is 4.92. The topological polar surface area (TPSA) is 104 Å². The number of carbonyl (C=O) groups is 1. The van der Waals surface area contributed by atoms with Gasteiger partial charge in [-0.3, -0.25) is 9.89 Å². The first-order valence-electron chi connectivity index (χ1n) is 7.49. The summed E-state index contributed by atoms with van der Waals surface area (Å²) in [4.78, 5) is 12.4. The molecule has 0 unspecified atom stereocenters. The molecule has 8 heteroatoms. The molecule has 1 amide bonds. The van der Waals surface area contributed by atoms with Gasteiger partial charge in [-0.05, 0) is 24.3 Å². The highest BCUT2D eigenvalue weighted by molar-refractivity contribution is 7.89. The second-order valence-corrected chi connectivity index (χ2v) is 6.99. The third-order valence-electron chi connectivity index (χ3n) is 3.50. The van der Waals surface area contributed by atoms with Crippen LogP contribution in [0.3, 0.4) is 0 Å². The molecule has 1 heterocycles. The van der Waals surface area contributed by atoms with E-state index in [0.717, 1.165) is 0 Å². The number of hydrogen-bond acceptors (Lipinski definition) is 4. The highest BCUT2D eigenvalue weighted by Crippen LogP contribution is 2.14. The quantitative estimate of drug-likeness (QED) is 0.629. The van der Waals surface area contributed by atoms with E-state index in [2.05, 4.69) is 20.2 Å². The van der Waals surface area contributed by atoms with Crippen LogP contribution in [0.1, 0.15) is 15.9 Å². The fraction of sp³-hybridized carbons (Fsp3) is 0.0588. The van der Waals surface area contributed by atoms with Gasteiger partial charge in [0, 0.05) is 17.7 Å². The molecule has 0 aliphatic heterocycles. The maximum absolute atomic E-state index is 12.3. The summed E-state index contributed by atoms with van der Waals surface area (Å²) in [5.41, 5.74) is 1.02. The van der Waals surface area contributed by atoms with Gasteiger partial charge >= 0.3 is 0 Å². The highest BCUT2D eigenvalue weighted by atomic mass is 32.2. The van der Waals surface area contributed by atoms with Crippen LogP contribution in [-0.2, 0) is 16.6 Å². The van der Waals surface area contributed by atoms with Gasteiger partial charge in [-0.2, -0.15) is 5.10 Å². The largest absolute Gasteiger partial charge is 0.307 e. The fourth-order valence-electron chi connectivity index (χ4n) is 2.18. The van der Waals surface area contributed by atoms with Crippen molar-refractivity contribution in [1.82, 2.24) is 14.9 Å². The number of hydrogen-bond donors (Lipinski definition) is 3. The van der Waals surface area contributed by atoms with Crippen LogP contribution >= 0.6 is 0 Å². The van der Waals surface area contributed by atoms with Crippen LogP contribution in [0.4, 0.5) is 5.82 Å². The molecule has 0 atom stereocenters. The van der Waals surface area contributed by atoms with Crippen LogP contribution in [-0.4, -0.2) is 24.5 Å². The Morgan fingerprint density at radius 3 is 2.32 bits per heavy atom. The van der Waals surface area contributed by atoms with Crippen LogP contribution in [0.2, 0.25) is 0 Å². The van der Waals surface area contributed by atoms with Gasteiger partial charge in [0.2, 0.25) is 10.0 Å². The van der Waals surface area contributed by atoms with Crippen molar-refractivity contribution < 1.29 is 13.2 Å². The lowest BCUT2D eigenvalue weighted by atomic mass is 10.2. The zero-order valence-corrected chi connectivity index (χ0v) is 14.0. The van der Waals surface area contributed by atoms with E-state index in [-0.39, 0.29) is 17.3 Å². The molecule has 0 fully saturated rings. The Balaban J connectivity index is 1.69. The van der Waals surface area contributed by atoms with E-state index in [9.17, 15) is 13.2 Å². The molecule has 25 heavy (non-hydrogen) atoms. The zero-order chi connectivity index (χ0) is 17.7. The summed E-state index contributed by atoms with van der Waals surface area (Å²) in [5, 5.41) is 9.22. The van der Waals surface area contributed by atoms with E-state index < -0.39 is 10.0 Å². The van der Waals surface area contributed by atoms with Crippen LogP contribution < -0.4 is 10.0 Å². The Morgan fingerprint density at radius 2 is 1.64 bits per heavy atom. The normalized spacial score (nSPS) is 11.2. The second kappa shape index (κ2) is 7.29. The van der Waals surface area contributed by atoms with Gasteiger partial charge in [0.1, 0.15) is 5.82 Å². The van der Waals surface area contributed by atoms with Crippen molar-refractivity contribution in [2.45, 2.75) is 11.4 Å². The number of rotatable bonds is 6. The van der Waals surface area contributed by atoms with Crippen LogP contribution in [0.25, 0.3) is 0 Å². The highest BCUT2D eigenvalue weighted by Gasteiger charge is 2.16. The Hall–Kier alpha value is -2.97.